The summed E-state index contributed by atoms with van der Waals surface area (Å²) in [7, 11) is -4.32. The summed E-state index contributed by atoms with van der Waals surface area (Å²) in [6.07, 6.45) is 1.34. The predicted octanol–water partition coefficient (Wildman–Crippen LogP) is 5.66. The standard InChI is InChI=1S/C22H20ClF4N3O2S/c1-21(24,25)14-7-9-15(10-8-14)33(31,32)30-17-4-2-3-16(23)19(17)20(28-30)29-12-22(26,27)11-18(29)13-5-6-13/h2-4,7-10,13,18H,5-6,11-12H2,1H3. The minimum absolute atomic E-state index is 0.0879. The number of nitrogens with zero attached hydrogens (tertiary/aromatic N) is 3. The van der Waals surface area contributed by atoms with Gasteiger partial charge in [0, 0.05) is 24.9 Å². The molecule has 0 spiro atoms. The molecule has 2 aliphatic rings. The summed E-state index contributed by atoms with van der Waals surface area (Å²) in [4.78, 5) is 1.22. The third-order valence-electron chi connectivity index (χ3n) is 6.24. The zero-order valence-electron chi connectivity index (χ0n) is 17.5. The van der Waals surface area contributed by atoms with Crippen molar-refractivity contribution in [2.75, 3.05) is 11.4 Å². The summed E-state index contributed by atoms with van der Waals surface area (Å²) < 4.78 is 83.4. The normalized spacial score (nSPS) is 21.2. The van der Waals surface area contributed by atoms with Gasteiger partial charge in [-0.1, -0.05) is 29.8 Å². The molecule has 5 rings (SSSR count). The largest absolute Gasteiger partial charge is 0.345 e. The zero-order chi connectivity index (χ0) is 23.8. The van der Waals surface area contributed by atoms with Gasteiger partial charge in [0.1, 0.15) is 0 Å². The highest BCUT2D eigenvalue weighted by atomic mass is 35.5. The topological polar surface area (TPSA) is 55.2 Å². The molecule has 0 bridgehead atoms. The van der Waals surface area contributed by atoms with Gasteiger partial charge in [0.2, 0.25) is 0 Å². The predicted molar refractivity (Wildman–Crippen MR) is 117 cm³/mol. The molecule has 11 heteroatoms. The highest BCUT2D eigenvalue weighted by Gasteiger charge is 2.51. The fourth-order valence-corrected chi connectivity index (χ4v) is 6.00. The average molecular weight is 502 g/mol. The third kappa shape index (κ3) is 3.86. The number of halogens is 5. The second-order valence-corrected chi connectivity index (χ2v) is 11.0. The molecule has 1 saturated carbocycles. The van der Waals surface area contributed by atoms with E-state index in [1.54, 1.807) is 12.1 Å². The van der Waals surface area contributed by atoms with Crippen LogP contribution < -0.4 is 4.90 Å². The van der Waals surface area contributed by atoms with Crippen molar-refractivity contribution in [3.8, 4) is 0 Å². The van der Waals surface area contributed by atoms with Gasteiger partial charge in [0.05, 0.1) is 27.4 Å². The van der Waals surface area contributed by atoms with Gasteiger partial charge < -0.3 is 4.90 Å². The van der Waals surface area contributed by atoms with Crippen molar-refractivity contribution in [1.82, 2.24) is 9.19 Å². The summed E-state index contributed by atoms with van der Waals surface area (Å²) in [6.45, 7) is 0.139. The number of alkyl halides is 4. The Balaban J connectivity index is 1.65. The molecule has 5 nitrogen and oxygen atoms in total. The van der Waals surface area contributed by atoms with Crippen LogP contribution in [0, 0.1) is 5.92 Å². The van der Waals surface area contributed by atoms with Gasteiger partial charge in [0.15, 0.2) is 5.82 Å². The molecule has 1 saturated heterocycles. The van der Waals surface area contributed by atoms with Crippen molar-refractivity contribution < 1.29 is 26.0 Å². The molecule has 2 aromatic carbocycles. The Morgan fingerprint density at radius 3 is 2.39 bits per heavy atom. The van der Waals surface area contributed by atoms with Gasteiger partial charge in [-0.2, -0.15) is 12.5 Å². The summed E-state index contributed by atoms with van der Waals surface area (Å²) in [5, 5.41) is 4.72. The van der Waals surface area contributed by atoms with E-state index in [4.69, 9.17) is 11.6 Å². The van der Waals surface area contributed by atoms with Crippen LogP contribution in [0.3, 0.4) is 0 Å². The Bertz CT molecular complexity index is 1330. The third-order valence-corrected chi connectivity index (χ3v) is 8.16. The maximum absolute atomic E-state index is 14.4. The van der Waals surface area contributed by atoms with Crippen molar-refractivity contribution in [3.05, 3.63) is 53.1 Å². The van der Waals surface area contributed by atoms with Crippen LogP contribution in [0.15, 0.2) is 47.4 Å². The van der Waals surface area contributed by atoms with Crippen molar-refractivity contribution in [2.45, 2.75) is 49.0 Å². The first-order valence-corrected chi connectivity index (χ1v) is 12.3. The van der Waals surface area contributed by atoms with Gasteiger partial charge in [-0.05, 0) is 43.0 Å². The van der Waals surface area contributed by atoms with E-state index in [9.17, 15) is 26.0 Å². The van der Waals surface area contributed by atoms with Crippen LogP contribution in [0.4, 0.5) is 23.4 Å². The first kappa shape index (κ1) is 22.5. The van der Waals surface area contributed by atoms with Crippen molar-refractivity contribution >= 4 is 38.3 Å². The van der Waals surface area contributed by atoms with Crippen LogP contribution in [0.2, 0.25) is 5.02 Å². The molecular weight excluding hydrogens is 482 g/mol. The Morgan fingerprint density at radius 2 is 1.79 bits per heavy atom. The first-order valence-electron chi connectivity index (χ1n) is 10.4. The molecule has 0 amide bonds. The Labute approximate surface area is 193 Å². The van der Waals surface area contributed by atoms with Gasteiger partial charge in [-0.3, -0.25) is 0 Å². The van der Waals surface area contributed by atoms with Gasteiger partial charge >= 0.3 is 0 Å². The van der Waals surface area contributed by atoms with Gasteiger partial charge in [-0.25, -0.2) is 17.6 Å². The number of anilines is 1. The average Bonchev–Trinajstić information content (AvgIpc) is 3.42. The van der Waals surface area contributed by atoms with Crippen molar-refractivity contribution in [2.24, 2.45) is 5.92 Å². The Morgan fingerprint density at radius 1 is 1.12 bits per heavy atom. The van der Waals surface area contributed by atoms with Crippen molar-refractivity contribution in [3.63, 3.8) is 0 Å². The van der Waals surface area contributed by atoms with Crippen LogP contribution in [-0.2, 0) is 15.9 Å². The molecular formula is C22H20ClF4N3O2S. The van der Waals surface area contributed by atoms with E-state index < -0.39 is 34.5 Å². The molecule has 1 atom stereocenters. The van der Waals surface area contributed by atoms with E-state index in [1.807, 2.05) is 0 Å². The summed E-state index contributed by atoms with van der Waals surface area (Å²) in [5.41, 5.74) is -0.200. The number of hydrogen-bond acceptors (Lipinski definition) is 4. The van der Waals surface area contributed by atoms with Gasteiger partial charge in [-0.15, -0.1) is 5.10 Å². The van der Waals surface area contributed by atoms with E-state index in [2.05, 4.69) is 5.10 Å². The number of fused-ring (bicyclic) bond motifs is 1. The molecule has 33 heavy (non-hydrogen) atoms. The Kier molecular flexibility index (Phi) is 4.99. The monoisotopic (exact) mass is 501 g/mol. The quantitative estimate of drug-likeness (QED) is 0.423. The van der Waals surface area contributed by atoms with Crippen LogP contribution >= 0.6 is 11.6 Å². The highest BCUT2D eigenvalue weighted by molar-refractivity contribution is 7.90. The molecule has 2 fully saturated rings. The molecule has 0 radical (unpaired) electrons. The summed E-state index contributed by atoms with van der Waals surface area (Å²) >= 11 is 6.39. The number of aromatic nitrogens is 2. The SMILES string of the molecule is CC(F)(F)c1ccc(S(=O)(=O)n2nc(N3CC(F)(F)CC3C3CC3)c3c(Cl)cccc32)cc1. The number of benzene rings is 2. The summed E-state index contributed by atoms with van der Waals surface area (Å²) in [5.74, 6) is -5.86. The highest BCUT2D eigenvalue weighted by Crippen LogP contribution is 2.48. The Hall–Kier alpha value is -2.33. The van der Waals surface area contributed by atoms with Crippen LogP contribution in [0.1, 0.15) is 31.7 Å². The first-order chi connectivity index (χ1) is 15.4. The van der Waals surface area contributed by atoms with E-state index in [0.717, 1.165) is 41.2 Å². The fourth-order valence-electron chi connectivity index (χ4n) is 4.47. The summed E-state index contributed by atoms with van der Waals surface area (Å²) in [6, 6.07) is 8.35. The second-order valence-electron chi connectivity index (χ2n) is 8.81. The van der Waals surface area contributed by atoms with Crippen molar-refractivity contribution in [1.29, 1.82) is 0 Å². The van der Waals surface area contributed by atoms with Crippen LogP contribution in [0.5, 0.6) is 0 Å². The molecule has 1 aromatic heterocycles. The minimum atomic E-state index is -4.32. The lowest BCUT2D eigenvalue weighted by Crippen LogP contribution is -2.32. The molecule has 176 valence electrons. The molecule has 1 unspecified atom stereocenters. The molecule has 3 aromatic rings. The van der Waals surface area contributed by atoms with Crippen LogP contribution in [0.25, 0.3) is 10.9 Å². The molecule has 2 heterocycles. The lowest BCUT2D eigenvalue weighted by molar-refractivity contribution is 0.0173. The maximum Gasteiger partial charge on any atom is 0.283 e. The maximum atomic E-state index is 14.4. The molecule has 0 N–H and O–H groups in total. The fraction of sp³-hybridized carbons (Fsp3) is 0.409. The van der Waals surface area contributed by atoms with Gasteiger partial charge in [0.25, 0.3) is 21.9 Å². The zero-order valence-corrected chi connectivity index (χ0v) is 19.1. The lowest BCUT2D eigenvalue weighted by atomic mass is 10.1. The van der Waals surface area contributed by atoms with E-state index in [0.29, 0.717) is 6.92 Å². The van der Waals surface area contributed by atoms with Crippen LogP contribution in [-0.4, -0.2) is 36.1 Å². The number of rotatable bonds is 5. The van der Waals surface area contributed by atoms with E-state index in [-0.39, 0.29) is 44.5 Å². The smallest absolute Gasteiger partial charge is 0.283 e. The number of hydrogen-bond donors (Lipinski definition) is 0. The molecule has 1 aliphatic heterocycles. The molecule has 1 aliphatic carbocycles. The van der Waals surface area contributed by atoms with E-state index >= 15 is 0 Å². The second kappa shape index (κ2) is 7.33. The minimum Gasteiger partial charge on any atom is -0.345 e. The lowest BCUT2D eigenvalue weighted by Gasteiger charge is -2.24. The van der Waals surface area contributed by atoms with E-state index in [1.165, 1.54) is 11.0 Å².